The second kappa shape index (κ2) is 10.4. The van der Waals surface area contributed by atoms with Gasteiger partial charge in [0.1, 0.15) is 11.6 Å². The van der Waals surface area contributed by atoms with Crippen molar-refractivity contribution in [3.63, 3.8) is 0 Å². The number of pyridine rings is 1. The zero-order valence-electron chi connectivity index (χ0n) is 23.5. The molecule has 42 heavy (non-hydrogen) atoms. The molecule has 7 rings (SSSR count). The summed E-state index contributed by atoms with van der Waals surface area (Å²) in [5.41, 5.74) is 2.94. The van der Waals surface area contributed by atoms with E-state index >= 15 is 0 Å². The van der Waals surface area contributed by atoms with E-state index in [-0.39, 0.29) is 12.0 Å². The first-order valence-electron chi connectivity index (χ1n) is 14.6. The molecule has 1 N–H and O–H groups in total. The predicted octanol–water partition coefficient (Wildman–Crippen LogP) is 6.41. The standard InChI is InChI=1S/C35H33N3O4/c1-34(33(39)40)23-28(34)31-30-29(17-20-36-32(30)42-27-18-21-41-22-19-27)38(37-31)35(24-11-5-2-6-12-24,25-13-7-3-8-14-25)26-15-9-4-10-16-26/h2-17,20,27-28H,18-19,21-23H2,1H3,(H,39,40). The van der Waals surface area contributed by atoms with Gasteiger partial charge in [-0.05, 0) is 36.1 Å². The highest BCUT2D eigenvalue weighted by molar-refractivity contribution is 5.91. The number of aliphatic carboxylic acids is 1. The minimum Gasteiger partial charge on any atom is -0.481 e. The van der Waals surface area contributed by atoms with Gasteiger partial charge in [0.05, 0.1) is 35.2 Å². The summed E-state index contributed by atoms with van der Waals surface area (Å²) in [4.78, 5) is 17.1. The molecule has 2 aliphatic rings. The molecule has 3 heterocycles. The van der Waals surface area contributed by atoms with Crippen molar-refractivity contribution < 1.29 is 19.4 Å². The Kier molecular flexibility index (Phi) is 6.54. The highest BCUT2D eigenvalue weighted by Gasteiger charge is 2.59. The van der Waals surface area contributed by atoms with Crippen molar-refractivity contribution in [2.45, 2.75) is 43.7 Å². The first-order valence-corrected chi connectivity index (χ1v) is 14.6. The molecule has 1 saturated heterocycles. The molecular formula is C35H33N3O4. The van der Waals surface area contributed by atoms with Gasteiger partial charge in [-0.25, -0.2) is 9.67 Å². The van der Waals surface area contributed by atoms with Crippen LogP contribution in [0.1, 0.15) is 54.5 Å². The molecule has 0 amide bonds. The zero-order valence-corrected chi connectivity index (χ0v) is 23.5. The third-order valence-corrected chi connectivity index (χ3v) is 8.98. The van der Waals surface area contributed by atoms with Crippen LogP contribution in [0.5, 0.6) is 5.88 Å². The lowest BCUT2D eigenvalue weighted by molar-refractivity contribution is -0.142. The monoisotopic (exact) mass is 559 g/mol. The maximum absolute atomic E-state index is 12.4. The zero-order chi connectivity index (χ0) is 28.7. The molecule has 0 radical (unpaired) electrons. The van der Waals surface area contributed by atoms with Gasteiger partial charge in [0.25, 0.3) is 0 Å². The Balaban J connectivity index is 1.55. The number of carbonyl (C=O) groups is 1. The van der Waals surface area contributed by atoms with Crippen LogP contribution in [0.25, 0.3) is 10.9 Å². The van der Waals surface area contributed by atoms with Crippen LogP contribution in [-0.4, -0.2) is 45.2 Å². The van der Waals surface area contributed by atoms with Gasteiger partial charge >= 0.3 is 5.97 Å². The molecule has 1 aliphatic heterocycles. The lowest BCUT2D eigenvalue weighted by atomic mass is 9.77. The van der Waals surface area contributed by atoms with Crippen molar-refractivity contribution in [1.29, 1.82) is 0 Å². The average Bonchev–Trinajstić information content (AvgIpc) is 3.59. The Bertz CT molecular complexity index is 1620. The predicted molar refractivity (Wildman–Crippen MR) is 160 cm³/mol. The summed E-state index contributed by atoms with van der Waals surface area (Å²) in [6, 6.07) is 33.1. The highest BCUT2D eigenvalue weighted by Crippen LogP contribution is 2.61. The van der Waals surface area contributed by atoms with E-state index < -0.39 is 16.9 Å². The highest BCUT2D eigenvalue weighted by atomic mass is 16.5. The Morgan fingerprint density at radius 2 is 1.45 bits per heavy atom. The molecule has 7 heteroatoms. The Hall–Kier alpha value is -4.49. The molecule has 2 fully saturated rings. The van der Waals surface area contributed by atoms with Crippen LogP contribution >= 0.6 is 0 Å². The summed E-state index contributed by atoms with van der Waals surface area (Å²) >= 11 is 0. The molecule has 0 bridgehead atoms. The summed E-state index contributed by atoms with van der Waals surface area (Å²) in [6.07, 6.45) is 3.81. The minimum absolute atomic E-state index is 0.0276. The van der Waals surface area contributed by atoms with Gasteiger partial charge in [-0.3, -0.25) is 4.79 Å². The van der Waals surface area contributed by atoms with E-state index in [4.69, 9.17) is 19.6 Å². The first-order chi connectivity index (χ1) is 20.5. The Morgan fingerprint density at radius 1 is 0.905 bits per heavy atom. The van der Waals surface area contributed by atoms with Gasteiger partial charge in [-0.1, -0.05) is 91.0 Å². The van der Waals surface area contributed by atoms with Gasteiger partial charge in [-0.15, -0.1) is 0 Å². The normalized spacial score (nSPS) is 20.8. The number of carboxylic acids is 1. The quantitative estimate of drug-likeness (QED) is 0.221. The van der Waals surface area contributed by atoms with E-state index in [0.29, 0.717) is 25.5 Å². The number of carboxylic acid groups (broad SMARTS) is 1. The number of ether oxygens (including phenoxy) is 2. The van der Waals surface area contributed by atoms with Crippen molar-refractivity contribution in [2.24, 2.45) is 5.41 Å². The number of hydrogen-bond donors (Lipinski definition) is 1. The molecule has 7 nitrogen and oxygen atoms in total. The van der Waals surface area contributed by atoms with E-state index in [1.165, 1.54) is 0 Å². The van der Waals surface area contributed by atoms with Crippen molar-refractivity contribution in [3.05, 3.63) is 126 Å². The Morgan fingerprint density at radius 3 is 1.95 bits per heavy atom. The van der Waals surface area contributed by atoms with Crippen LogP contribution in [-0.2, 0) is 15.1 Å². The summed E-state index contributed by atoms with van der Waals surface area (Å²) in [6.45, 7) is 3.09. The number of fused-ring (bicyclic) bond motifs is 1. The van der Waals surface area contributed by atoms with Crippen molar-refractivity contribution >= 4 is 16.9 Å². The van der Waals surface area contributed by atoms with Crippen LogP contribution in [0, 0.1) is 5.41 Å². The maximum Gasteiger partial charge on any atom is 0.310 e. The van der Waals surface area contributed by atoms with E-state index in [0.717, 1.165) is 46.1 Å². The largest absolute Gasteiger partial charge is 0.481 e. The minimum atomic E-state index is -0.896. The second-order valence-corrected chi connectivity index (χ2v) is 11.5. The number of aromatic nitrogens is 3. The summed E-state index contributed by atoms with van der Waals surface area (Å²) in [5.74, 6) is -0.574. The topological polar surface area (TPSA) is 86.5 Å². The molecule has 2 aromatic heterocycles. The molecule has 0 spiro atoms. The van der Waals surface area contributed by atoms with Crippen LogP contribution in [0.4, 0.5) is 0 Å². The van der Waals surface area contributed by atoms with Crippen molar-refractivity contribution in [2.75, 3.05) is 13.2 Å². The van der Waals surface area contributed by atoms with Gasteiger partial charge < -0.3 is 14.6 Å². The fraction of sp³-hybridized carbons (Fsp3) is 0.286. The number of hydrogen-bond acceptors (Lipinski definition) is 5. The average molecular weight is 560 g/mol. The lowest BCUT2D eigenvalue weighted by Crippen LogP contribution is -2.38. The van der Waals surface area contributed by atoms with Crippen LogP contribution in [0.15, 0.2) is 103 Å². The van der Waals surface area contributed by atoms with Crippen molar-refractivity contribution in [3.8, 4) is 5.88 Å². The van der Waals surface area contributed by atoms with Gasteiger partial charge in [-0.2, -0.15) is 5.10 Å². The SMILES string of the molecule is CC1(C(=O)O)CC1c1nn(C(c2ccccc2)(c2ccccc2)c2ccccc2)c2ccnc(OC3CCOCC3)c12. The second-order valence-electron chi connectivity index (χ2n) is 11.5. The smallest absolute Gasteiger partial charge is 0.310 e. The Labute approximate surface area is 244 Å². The molecule has 5 aromatic rings. The van der Waals surface area contributed by atoms with E-state index in [1.807, 2.05) is 60.7 Å². The van der Waals surface area contributed by atoms with Crippen LogP contribution < -0.4 is 4.74 Å². The molecule has 1 aliphatic carbocycles. The summed E-state index contributed by atoms with van der Waals surface area (Å²) < 4.78 is 14.2. The first kappa shape index (κ1) is 26.4. The molecule has 2 atom stereocenters. The maximum atomic E-state index is 12.4. The van der Waals surface area contributed by atoms with Crippen LogP contribution in [0.3, 0.4) is 0 Å². The van der Waals surface area contributed by atoms with Gasteiger partial charge in [0, 0.05) is 25.0 Å². The van der Waals surface area contributed by atoms with E-state index in [2.05, 4.69) is 41.1 Å². The third-order valence-electron chi connectivity index (χ3n) is 8.98. The van der Waals surface area contributed by atoms with Crippen LogP contribution in [0.2, 0.25) is 0 Å². The molecule has 2 unspecified atom stereocenters. The van der Waals surface area contributed by atoms with Crippen molar-refractivity contribution in [1.82, 2.24) is 14.8 Å². The van der Waals surface area contributed by atoms with E-state index in [9.17, 15) is 9.90 Å². The number of rotatable bonds is 8. The lowest BCUT2D eigenvalue weighted by Gasteiger charge is -2.37. The number of benzene rings is 3. The van der Waals surface area contributed by atoms with Gasteiger partial charge in [0.2, 0.25) is 5.88 Å². The third kappa shape index (κ3) is 4.19. The van der Waals surface area contributed by atoms with Gasteiger partial charge in [0.15, 0.2) is 0 Å². The van der Waals surface area contributed by atoms with E-state index in [1.54, 1.807) is 13.1 Å². The molecule has 3 aromatic carbocycles. The molecule has 1 saturated carbocycles. The summed E-state index contributed by atoms with van der Waals surface area (Å²) in [7, 11) is 0. The summed E-state index contributed by atoms with van der Waals surface area (Å²) in [5, 5.41) is 16.3. The fourth-order valence-electron chi connectivity index (χ4n) is 6.51. The number of nitrogens with zero attached hydrogens (tertiary/aromatic N) is 3. The fourth-order valence-corrected chi connectivity index (χ4v) is 6.51. The molecular weight excluding hydrogens is 526 g/mol. The molecule has 212 valence electrons.